The first-order valence-corrected chi connectivity index (χ1v) is 11.8. The summed E-state index contributed by atoms with van der Waals surface area (Å²) in [5.41, 5.74) is 4.35. The first-order chi connectivity index (χ1) is 15.7. The monoisotopic (exact) mass is 460 g/mol. The van der Waals surface area contributed by atoms with Gasteiger partial charge in [-0.25, -0.2) is 0 Å². The number of ether oxygens (including phenoxy) is 1. The fourth-order valence-electron chi connectivity index (χ4n) is 3.78. The molecule has 0 spiro atoms. The summed E-state index contributed by atoms with van der Waals surface area (Å²) in [6.45, 7) is 5.55. The summed E-state index contributed by atoms with van der Waals surface area (Å²) < 4.78 is 36.1. The number of hydrogen-bond donors (Lipinski definition) is 1. The van der Waals surface area contributed by atoms with Crippen LogP contribution in [0.1, 0.15) is 32.6 Å². The molecule has 0 heterocycles. The van der Waals surface area contributed by atoms with Crippen molar-refractivity contribution in [1.82, 2.24) is 0 Å². The lowest BCUT2D eigenvalue weighted by Gasteiger charge is -2.20. The van der Waals surface area contributed by atoms with Crippen LogP contribution in [0.25, 0.3) is 0 Å². The largest absolute Gasteiger partial charge is 0.495 e. The third kappa shape index (κ3) is 4.32. The molecule has 1 aliphatic rings. The molecule has 1 aliphatic carbocycles. The molecule has 0 atom stereocenters. The SMILES string of the molecule is COc1ccccc1NC1=C/C(=N/S(=O)(=O)c2cc(C)c(C)cc2C)c2ccccc2C1=O. The van der Waals surface area contributed by atoms with E-state index in [1.807, 2.05) is 32.0 Å². The van der Waals surface area contributed by atoms with Crippen molar-refractivity contribution in [3.8, 4) is 5.75 Å². The van der Waals surface area contributed by atoms with E-state index in [0.29, 0.717) is 28.1 Å². The molecule has 6 nitrogen and oxygen atoms in total. The van der Waals surface area contributed by atoms with E-state index in [-0.39, 0.29) is 22.1 Å². The van der Waals surface area contributed by atoms with E-state index < -0.39 is 10.0 Å². The summed E-state index contributed by atoms with van der Waals surface area (Å²) in [6.07, 6.45) is 1.48. The Morgan fingerprint density at radius 1 is 0.848 bits per heavy atom. The van der Waals surface area contributed by atoms with Crippen LogP contribution in [0.15, 0.2) is 81.7 Å². The van der Waals surface area contributed by atoms with E-state index in [4.69, 9.17) is 4.74 Å². The maximum absolute atomic E-state index is 13.3. The number of allylic oxidation sites excluding steroid dienone is 2. The summed E-state index contributed by atoms with van der Waals surface area (Å²) in [5, 5.41) is 3.09. The van der Waals surface area contributed by atoms with E-state index in [2.05, 4.69) is 9.71 Å². The Labute approximate surface area is 193 Å². The van der Waals surface area contributed by atoms with Crippen molar-refractivity contribution in [2.45, 2.75) is 25.7 Å². The minimum Gasteiger partial charge on any atom is -0.495 e. The molecule has 0 saturated carbocycles. The first-order valence-electron chi connectivity index (χ1n) is 10.4. The van der Waals surface area contributed by atoms with E-state index in [1.165, 1.54) is 13.2 Å². The number of sulfonamides is 1. The lowest BCUT2D eigenvalue weighted by molar-refractivity contribution is 0.103. The molecule has 1 N–H and O–H groups in total. The van der Waals surface area contributed by atoms with Crippen LogP contribution in [0.5, 0.6) is 5.75 Å². The Morgan fingerprint density at radius 2 is 1.48 bits per heavy atom. The Hall–Kier alpha value is -3.71. The van der Waals surface area contributed by atoms with Crippen molar-refractivity contribution >= 4 is 27.2 Å². The highest BCUT2D eigenvalue weighted by Gasteiger charge is 2.27. The van der Waals surface area contributed by atoms with Gasteiger partial charge in [0, 0.05) is 11.1 Å². The van der Waals surface area contributed by atoms with Crippen LogP contribution in [0.3, 0.4) is 0 Å². The van der Waals surface area contributed by atoms with Crippen LogP contribution in [0.2, 0.25) is 0 Å². The molecule has 4 rings (SSSR count). The van der Waals surface area contributed by atoms with Gasteiger partial charge < -0.3 is 10.1 Å². The molecule has 0 unspecified atom stereocenters. The van der Waals surface area contributed by atoms with Gasteiger partial charge in [-0.1, -0.05) is 42.5 Å². The highest BCUT2D eigenvalue weighted by atomic mass is 32.2. The number of para-hydroxylation sites is 2. The second-order valence-electron chi connectivity index (χ2n) is 7.91. The van der Waals surface area contributed by atoms with E-state index in [9.17, 15) is 13.2 Å². The lowest BCUT2D eigenvalue weighted by atomic mass is 9.92. The number of methoxy groups -OCH3 is 1. The Morgan fingerprint density at radius 3 is 2.21 bits per heavy atom. The van der Waals surface area contributed by atoms with Crippen molar-refractivity contribution in [2.75, 3.05) is 12.4 Å². The minimum atomic E-state index is -4.02. The Bertz CT molecular complexity index is 1440. The van der Waals surface area contributed by atoms with Crippen molar-refractivity contribution < 1.29 is 17.9 Å². The maximum Gasteiger partial charge on any atom is 0.283 e. The van der Waals surface area contributed by atoms with Crippen molar-refractivity contribution in [2.24, 2.45) is 4.40 Å². The first kappa shape index (κ1) is 22.5. The molecule has 0 amide bonds. The van der Waals surface area contributed by atoms with Crippen LogP contribution in [0.4, 0.5) is 5.69 Å². The zero-order chi connectivity index (χ0) is 23.8. The molecule has 3 aromatic rings. The smallest absolute Gasteiger partial charge is 0.283 e. The molecule has 3 aromatic carbocycles. The van der Waals surface area contributed by atoms with Gasteiger partial charge in [-0.15, -0.1) is 0 Å². The quantitative estimate of drug-likeness (QED) is 0.580. The Kier molecular flexibility index (Phi) is 5.91. The van der Waals surface area contributed by atoms with Gasteiger partial charge in [0.05, 0.1) is 29.1 Å². The van der Waals surface area contributed by atoms with E-state index >= 15 is 0 Å². The van der Waals surface area contributed by atoms with Gasteiger partial charge in [-0.3, -0.25) is 4.79 Å². The van der Waals surface area contributed by atoms with Crippen LogP contribution < -0.4 is 10.1 Å². The number of benzene rings is 3. The topological polar surface area (TPSA) is 84.8 Å². The number of fused-ring (bicyclic) bond motifs is 1. The van der Waals surface area contributed by atoms with Crippen molar-refractivity contribution in [3.05, 3.63) is 100 Å². The zero-order valence-corrected chi connectivity index (χ0v) is 19.7. The number of hydrogen-bond acceptors (Lipinski definition) is 5. The number of nitrogens with zero attached hydrogens (tertiary/aromatic N) is 1. The number of nitrogens with one attached hydrogen (secondary N) is 1. The molecule has 168 valence electrons. The lowest BCUT2D eigenvalue weighted by Crippen LogP contribution is -2.23. The van der Waals surface area contributed by atoms with Crippen molar-refractivity contribution in [3.63, 3.8) is 0 Å². The summed E-state index contributed by atoms with van der Waals surface area (Å²) in [7, 11) is -2.48. The number of anilines is 1. The summed E-state index contributed by atoms with van der Waals surface area (Å²) in [4.78, 5) is 13.3. The average Bonchev–Trinajstić information content (AvgIpc) is 2.79. The number of aryl methyl sites for hydroxylation is 3. The molecule has 0 saturated heterocycles. The number of Topliss-reactive ketones (excluding diaryl/α,β-unsaturated/α-hetero) is 1. The average molecular weight is 461 g/mol. The second kappa shape index (κ2) is 8.67. The molecule has 0 radical (unpaired) electrons. The molecule has 0 fully saturated rings. The number of rotatable bonds is 5. The van der Waals surface area contributed by atoms with Gasteiger partial charge in [0.25, 0.3) is 10.0 Å². The second-order valence-corrected chi connectivity index (χ2v) is 9.48. The normalized spacial score (nSPS) is 14.6. The molecule has 0 bridgehead atoms. The third-order valence-corrected chi connectivity index (χ3v) is 7.07. The fourth-order valence-corrected chi connectivity index (χ4v) is 5.08. The van der Waals surface area contributed by atoms with Crippen molar-refractivity contribution in [1.29, 1.82) is 0 Å². The highest BCUT2D eigenvalue weighted by molar-refractivity contribution is 7.90. The Balaban J connectivity index is 1.86. The fraction of sp³-hybridized carbons (Fsp3) is 0.154. The number of carbonyl (C=O) groups excluding carboxylic acids is 1. The van der Waals surface area contributed by atoms with Gasteiger partial charge in [-0.2, -0.15) is 12.8 Å². The van der Waals surface area contributed by atoms with E-state index in [0.717, 1.165) is 11.1 Å². The summed E-state index contributed by atoms with van der Waals surface area (Å²) in [5.74, 6) is 0.303. The highest BCUT2D eigenvalue weighted by Crippen LogP contribution is 2.29. The molecule has 0 aromatic heterocycles. The maximum atomic E-state index is 13.3. The zero-order valence-electron chi connectivity index (χ0n) is 18.8. The summed E-state index contributed by atoms with van der Waals surface area (Å²) in [6, 6.07) is 17.5. The van der Waals surface area contributed by atoms with Crippen LogP contribution in [0, 0.1) is 20.8 Å². The van der Waals surface area contributed by atoms with Gasteiger partial charge >= 0.3 is 0 Å². The predicted molar refractivity (Wildman–Crippen MR) is 130 cm³/mol. The number of carbonyl (C=O) groups is 1. The standard InChI is InChI=1S/C26H24N2O4S/c1-16-13-18(3)25(14-17(16)2)33(30,31)28-22-15-23(26(29)20-10-6-5-9-19(20)22)27-21-11-7-8-12-24(21)32-4/h5-15,27H,1-4H3/b28-22-. The number of ketones is 1. The molecular formula is C26H24N2O4S. The van der Waals surface area contributed by atoms with Gasteiger partial charge in [0.2, 0.25) is 5.78 Å². The van der Waals surface area contributed by atoms with Gasteiger partial charge in [0.15, 0.2) is 0 Å². The van der Waals surface area contributed by atoms with E-state index in [1.54, 1.807) is 49.4 Å². The van der Waals surface area contributed by atoms with Crippen LogP contribution in [-0.2, 0) is 10.0 Å². The molecule has 7 heteroatoms. The third-order valence-electron chi connectivity index (χ3n) is 5.64. The van der Waals surface area contributed by atoms with Gasteiger partial charge in [-0.05, 0) is 61.7 Å². The summed E-state index contributed by atoms with van der Waals surface area (Å²) >= 11 is 0. The molecular weight excluding hydrogens is 436 g/mol. The van der Waals surface area contributed by atoms with Crippen LogP contribution >= 0.6 is 0 Å². The predicted octanol–water partition coefficient (Wildman–Crippen LogP) is 4.99. The van der Waals surface area contributed by atoms with Crippen LogP contribution in [-0.4, -0.2) is 27.0 Å². The van der Waals surface area contributed by atoms with Gasteiger partial charge in [0.1, 0.15) is 5.75 Å². The molecule has 33 heavy (non-hydrogen) atoms. The minimum absolute atomic E-state index is 0.153. The molecule has 0 aliphatic heterocycles.